The summed E-state index contributed by atoms with van der Waals surface area (Å²) in [5.74, 6) is -2.47. The SMILES string of the molecule is CCCc1ccc2[nH]ncc2c1Cl.COc1cc(-n2cc(C(C)(F)F)c(C)n2)ccc1OCC(=O)NC(C)C. The molecule has 210 valence electrons. The highest BCUT2D eigenvalue weighted by Gasteiger charge is 2.29. The van der Waals surface area contributed by atoms with Gasteiger partial charge in [-0.25, -0.2) is 13.5 Å². The average molecular weight is 562 g/mol. The fraction of sp³-hybridized carbons (Fsp3) is 0.393. The van der Waals surface area contributed by atoms with Gasteiger partial charge in [0.1, 0.15) is 0 Å². The number of rotatable bonds is 9. The molecule has 8 nitrogen and oxygen atoms in total. The van der Waals surface area contributed by atoms with Crippen molar-refractivity contribution in [3.63, 3.8) is 0 Å². The number of halogens is 3. The Bertz CT molecular complexity index is 1410. The number of H-pyrrole nitrogens is 1. The molecule has 0 unspecified atom stereocenters. The minimum Gasteiger partial charge on any atom is -0.493 e. The first-order chi connectivity index (χ1) is 18.4. The second-order valence-electron chi connectivity index (χ2n) is 9.43. The monoisotopic (exact) mass is 561 g/mol. The second kappa shape index (κ2) is 12.9. The Kier molecular flexibility index (Phi) is 9.91. The summed E-state index contributed by atoms with van der Waals surface area (Å²) in [5, 5.41) is 15.6. The highest BCUT2D eigenvalue weighted by atomic mass is 35.5. The summed E-state index contributed by atoms with van der Waals surface area (Å²) in [5.41, 5.74) is 2.87. The van der Waals surface area contributed by atoms with Crippen molar-refractivity contribution in [2.75, 3.05) is 13.7 Å². The topological polar surface area (TPSA) is 94.1 Å². The summed E-state index contributed by atoms with van der Waals surface area (Å²) in [4.78, 5) is 11.7. The van der Waals surface area contributed by atoms with Gasteiger partial charge in [-0.3, -0.25) is 9.89 Å². The molecule has 11 heteroatoms. The van der Waals surface area contributed by atoms with Crippen LogP contribution in [0.2, 0.25) is 5.02 Å². The zero-order valence-corrected chi connectivity index (χ0v) is 23.7. The summed E-state index contributed by atoms with van der Waals surface area (Å²) in [6.07, 6.45) is 5.21. The first-order valence-corrected chi connectivity index (χ1v) is 13.0. The maximum Gasteiger partial charge on any atom is 0.273 e. The Balaban J connectivity index is 0.000000268. The second-order valence-corrected chi connectivity index (χ2v) is 9.81. The molecule has 2 aromatic carbocycles. The number of alkyl halides is 2. The van der Waals surface area contributed by atoms with E-state index in [-0.39, 0.29) is 29.8 Å². The zero-order valence-electron chi connectivity index (χ0n) is 22.9. The molecule has 2 N–H and O–H groups in total. The van der Waals surface area contributed by atoms with Crippen LogP contribution in [0.4, 0.5) is 8.78 Å². The number of ether oxygens (including phenoxy) is 2. The maximum absolute atomic E-state index is 13.6. The molecule has 4 rings (SSSR count). The van der Waals surface area contributed by atoms with E-state index < -0.39 is 5.92 Å². The van der Waals surface area contributed by atoms with Gasteiger partial charge < -0.3 is 14.8 Å². The molecule has 0 aliphatic rings. The number of hydrogen-bond acceptors (Lipinski definition) is 5. The van der Waals surface area contributed by atoms with E-state index in [1.807, 2.05) is 19.9 Å². The van der Waals surface area contributed by atoms with Crippen LogP contribution >= 0.6 is 11.6 Å². The van der Waals surface area contributed by atoms with E-state index in [0.29, 0.717) is 17.2 Å². The molecule has 2 aromatic heterocycles. The van der Waals surface area contributed by atoms with E-state index in [2.05, 4.69) is 33.6 Å². The molecule has 0 saturated heterocycles. The third-order valence-corrected chi connectivity index (χ3v) is 6.20. The van der Waals surface area contributed by atoms with Gasteiger partial charge in [0.05, 0.1) is 40.8 Å². The minimum absolute atomic E-state index is 0.0179. The van der Waals surface area contributed by atoms with Gasteiger partial charge in [-0.15, -0.1) is 0 Å². The van der Waals surface area contributed by atoms with Crippen molar-refractivity contribution in [3.8, 4) is 17.2 Å². The minimum atomic E-state index is -2.97. The molecule has 0 aliphatic carbocycles. The number of benzene rings is 2. The lowest BCUT2D eigenvalue weighted by atomic mass is 10.1. The molecule has 39 heavy (non-hydrogen) atoms. The number of amides is 1. The number of nitrogens with zero attached hydrogens (tertiary/aromatic N) is 3. The average Bonchev–Trinajstić information content (AvgIpc) is 3.51. The van der Waals surface area contributed by atoms with Crippen molar-refractivity contribution in [1.29, 1.82) is 0 Å². The van der Waals surface area contributed by atoms with Gasteiger partial charge in [0.2, 0.25) is 0 Å². The molecule has 0 bridgehead atoms. The van der Waals surface area contributed by atoms with Gasteiger partial charge in [-0.2, -0.15) is 10.2 Å². The van der Waals surface area contributed by atoms with Crippen molar-refractivity contribution >= 4 is 28.4 Å². The van der Waals surface area contributed by atoms with Crippen molar-refractivity contribution in [3.05, 3.63) is 64.6 Å². The fourth-order valence-electron chi connectivity index (χ4n) is 3.94. The number of nitrogens with one attached hydrogen (secondary N) is 2. The third-order valence-electron chi connectivity index (χ3n) is 5.75. The van der Waals surface area contributed by atoms with E-state index in [1.165, 1.54) is 30.5 Å². The number of carbonyl (C=O) groups is 1. The summed E-state index contributed by atoms with van der Waals surface area (Å²) in [6.45, 7) is 8.07. The van der Waals surface area contributed by atoms with Gasteiger partial charge in [0, 0.05) is 30.6 Å². The van der Waals surface area contributed by atoms with Crippen molar-refractivity contribution in [1.82, 2.24) is 25.3 Å². The van der Waals surface area contributed by atoms with Crippen LogP contribution < -0.4 is 14.8 Å². The highest BCUT2D eigenvalue weighted by Crippen LogP contribution is 2.33. The molecule has 0 atom stereocenters. The molecule has 1 amide bonds. The number of hydrogen-bond donors (Lipinski definition) is 2. The predicted octanol–water partition coefficient (Wildman–Crippen LogP) is 6.37. The van der Waals surface area contributed by atoms with Gasteiger partial charge in [-0.05, 0) is 51.0 Å². The molecule has 0 saturated carbocycles. The van der Waals surface area contributed by atoms with E-state index in [1.54, 1.807) is 24.4 Å². The molecule has 0 aliphatic heterocycles. The van der Waals surface area contributed by atoms with E-state index in [4.69, 9.17) is 21.1 Å². The summed E-state index contributed by atoms with van der Waals surface area (Å²) in [6, 6.07) is 8.98. The Hall–Kier alpha value is -3.66. The first-order valence-electron chi connectivity index (χ1n) is 12.6. The van der Waals surface area contributed by atoms with Crippen LogP contribution in [-0.4, -0.2) is 45.6 Å². The van der Waals surface area contributed by atoms with Crippen LogP contribution in [0.1, 0.15) is 50.9 Å². The molecule has 0 radical (unpaired) electrons. The molecule has 0 fully saturated rings. The van der Waals surface area contributed by atoms with Gasteiger partial charge in [0.15, 0.2) is 18.1 Å². The molecular formula is C28H34ClF2N5O3. The number of fused-ring (bicyclic) bond motifs is 1. The Labute approximate surface area is 231 Å². The molecule has 0 spiro atoms. The van der Waals surface area contributed by atoms with Crippen molar-refractivity contribution in [2.45, 2.75) is 59.4 Å². The largest absolute Gasteiger partial charge is 0.493 e. The number of aromatic nitrogens is 4. The van der Waals surface area contributed by atoms with Gasteiger partial charge in [0.25, 0.3) is 11.8 Å². The molecule has 4 aromatic rings. The number of aromatic amines is 1. The van der Waals surface area contributed by atoms with E-state index in [0.717, 1.165) is 35.7 Å². The van der Waals surface area contributed by atoms with Crippen LogP contribution in [0.25, 0.3) is 16.6 Å². The van der Waals surface area contributed by atoms with E-state index >= 15 is 0 Å². The summed E-state index contributed by atoms with van der Waals surface area (Å²) < 4.78 is 39.3. The number of aryl methyl sites for hydroxylation is 2. The summed E-state index contributed by atoms with van der Waals surface area (Å²) in [7, 11) is 1.46. The maximum atomic E-state index is 13.6. The van der Waals surface area contributed by atoms with Crippen LogP contribution in [0, 0.1) is 6.92 Å². The van der Waals surface area contributed by atoms with Crippen molar-refractivity contribution in [2.24, 2.45) is 0 Å². The van der Waals surface area contributed by atoms with Gasteiger partial charge >= 0.3 is 0 Å². The lowest BCUT2D eigenvalue weighted by Gasteiger charge is -2.13. The molecular weight excluding hydrogens is 528 g/mol. The first kappa shape index (κ1) is 29.9. The smallest absolute Gasteiger partial charge is 0.273 e. The molecule has 2 heterocycles. The Morgan fingerprint density at radius 2 is 1.97 bits per heavy atom. The summed E-state index contributed by atoms with van der Waals surface area (Å²) >= 11 is 6.20. The zero-order chi connectivity index (χ0) is 28.7. The lowest BCUT2D eigenvalue weighted by Crippen LogP contribution is -2.34. The van der Waals surface area contributed by atoms with Crippen molar-refractivity contribution < 1.29 is 23.0 Å². The standard InChI is InChI=1S/C18H23F2N3O3.C10H11ClN2/c1-11(2)21-17(24)10-26-15-7-6-13(8-16(15)25-5)23-9-14(12(3)22-23)18(4,19)20;1-2-3-7-4-5-9-8(10(7)11)6-12-13-9/h6-9,11H,10H2,1-5H3,(H,21,24);4-6H,2-3H2,1H3,(H,12,13). The van der Waals surface area contributed by atoms with Crippen LogP contribution in [0.3, 0.4) is 0 Å². The van der Waals surface area contributed by atoms with Crippen LogP contribution in [-0.2, 0) is 17.1 Å². The lowest BCUT2D eigenvalue weighted by molar-refractivity contribution is -0.123. The third kappa shape index (κ3) is 7.69. The predicted molar refractivity (Wildman–Crippen MR) is 148 cm³/mol. The Morgan fingerprint density at radius 1 is 1.23 bits per heavy atom. The highest BCUT2D eigenvalue weighted by molar-refractivity contribution is 6.36. The normalized spacial score (nSPS) is 11.3. The number of carbonyl (C=O) groups excluding carboxylic acids is 1. The van der Waals surface area contributed by atoms with Crippen LogP contribution in [0.15, 0.2) is 42.7 Å². The Morgan fingerprint density at radius 3 is 2.59 bits per heavy atom. The number of methoxy groups -OCH3 is 1. The fourth-order valence-corrected chi connectivity index (χ4v) is 4.25. The quantitative estimate of drug-likeness (QED) is 0.247. The van der Waals surface area contributed by atoms with Gasteiger partial charge in [-0.1, -0.05) is 31.0 Å². The van der Waals surface area contributed by atoms with E-state index in [9.17, 15) is 13.6 Å². The van der Waals surface area contributed by atoms with Crippen LogP contribution in [0.5, 0.6) is 11.5 Å².